The Bertz CT molecular complexity index is 1750. The number of H-pyrrole nitrogens is 1. The molecular formula is C22H18Cl2N4O5S2. The Morgan fingerprint density at radius 2 is 1.37 bits per heavy atom. The van der Waals surface area contributed by atoms with Crippen LogP contribution < -0.4 is 15.0 Å². The molecule has 0 radical (unpaired) electrons. The molecule has 1 aromatic heterocycles. The second kappa shape index (κ2) is 9.15. The number of aromatic nitrogens is 2. The summed E-state index contributed by atoms with van der Waals surface area (Å²) in [7, 11) is -8.68. The SMILES string of the molecule is Cc1c(Cl)cccc1NS(=O)(=O)c1cc(S(=O)(=O)Nc2cccc(Cl)c2C)c2[nH]c(=O)cnc2c1. The van der Waals surface area contributed by atoms with Crippen molar-refractivity contribution in [1.82, 2.24) is 9.97 Å². The van der Waals surface area contributed by atoms with Gasteiger partial charge < -0.3 is 4.98 Å². The minimum absolute atomic E-state index is 0.0431. The maximum Gasteiger partial charge on any atom is 0.266 e. The largest absolute Gasteiger partial charge is 0.318 e. The van der Waals surface area contributed by atoms with Crippen LogP contribution in [-0.4, -0.2) is 26.8 Å². The number of nitrogens with zero attached hydrogens (tertiary/aromatic N) is 1. The molecule has 0 aliphatic rings. The Morgan fingerprint density at radius 1 is 0.829 bits per heavy atom. The minimum Gasteiger partial charge on any atom is -0.318 e. The number of benzene rings is 3. The van der Waals surface area contributed by atoms with Crippen molar-refractivity contribution in [2.45, 2.75) is 23.6 Å². The zero-order chi connectivity index (χ0) is 25.5. The van der Waals surface area contributed by atoms with Gasteiger partial charge in [0, 0.05) is 10.0 Å². The van der Waals surface area contributed by atoms with E-state index in [1.807, 2.05) is 0 Å². The fraction of sp³-hybridized carbons (Fsp3) is 0.0909. The zero-order valence-corrected chi connectivity index (χ0v) is 21.4. The van der Waals surface area contributed by atoms with Gasteiger partial charge in [-0.3, -0.25) is 14.2 Å². The predicted molar refractivity (Wildman–Crippen MR) is 136 cm³/mol. The molecule has 182 valence electrons. The average molecular weight is 553 g/mol. The summed E-state index contributed by atoms with van der Waals surface area (Å²) in [5.41, 5.74) is 0.529. The van der Waals surface area contributed by atoms with Crippen LogP contribution in [-0.2, 0) is 20.0 Å². The van der Waals surface area contributed by atoms with Crippen LogP contribution in [0.25, 0.3) is 11.0 Å². The number of aromatic amines is 1. The number of fused-ring (bicyclic) bond motifs is 1. The number of halogens is 2. The van der Waals surface area contributed by atoms with Gasteiger partial charge in [-0.05, 0) is 61.4 Å². The van der Waals surface area contributed by atoms with Crippen molar-refractivity contribution in [2.24, 2.45) is 0 Å². The quantitative estimate of drug-likeness (QED) is 0.323. The van der Waals surface area contributed by atoms with Crippen molar-refractivity contribution in [3.63, 3.8) is 0 Å². The summed E-state index contributed by atoms with van der Waals surface area (Å²) >= 11 is 12.2. The van der Waals surface area contributed by atoms with Crippen molar-refractivity contribution < 1.29 is 16.8 Å². The summed E-state index contributed by atoms with van der Waals surface area (Å²) in [6, 6.07) is 11.5. The van der Waals surface area contributed by atoms with Gasteiger partial charge in [-0.2, -0.15) is 0 Å². The first-order valence-corrected chi connectivity index (χ1v) is 13.7. The number of rotatable bonds is 6. The van der Waals surface area contributed by atoms with Crippen LogP contribution in [0.15, 0.2) is 69.3 Å². The van der Waals surface area contributed by atoms with E-state index in [4.69, 9.17) is 23.2 Å². The first kappa shape index (κ1) is 25.0. The van der Waals surface area contributed by atoms with Gasteiger partial charge in [-0.25, -0.2) is 21.8 Å². The molecule has 4 rings (SSSR count). The topological polar surface area (TPSA) is 138 Å². The maximum atomic E-state index is 13.4. The molecular weight excluding hydrogens is 535 g/mol. The smallest absolute Gasteiger partial charge is 0.266 e. The molecule has 3 N–H and O–H groups in total. The molecule has 0 spiro atoms. The molecule has 9 nitrogen and oxygen atoms in total. The molecule has 0 saturated carbocycles. The molecule has 0 atom stereocenters. The average Bonchev–Trinajstić information content (AvgIpc) is 2.79. The van der Waals surface area contributed by atoms with Gasteiger partial charge in [0.1, 0.15) is 4.90 Å². The molecule has 13 heteroatoms. The van der Waals surface area contributed by atoms with Gasteiger partial charge in [0.15, 0.2) is 0 Å². The van der Waals surface area contributed by atoms with Crippen molar-refractivity contribution in [2.75, 3.05) is 9.44 Å². The van der Waals surface area contributed by atoms with Crippen molar-refractivity contribution in [1.29, 1.82) is 0 Å². The summed E-state index contributed by atoms with van der Waals surface area (Å²) in [6.07, 6.45) is 0.929. The molecule has 0 unspecified atom stereocenters. The number of hydrogen-bond acceptors (Lipinski definition) is 6. The lowest BCUT2D eigenvalue weighted by atomic mass is 10.2. The highest BCUT2D eigenvalue weighted by Gasteiger charge is 2.26. The predicted octanol–water partition coefficient (Wildman–Crippen LogP) is 4.45. The Morgan fingerprint density at radius 3 is 1.94 bits per heavy atom. The summed E-state index contributed by atoms with van der Waals surface area (Å²) in [4.78, 5) is 17.4. The van der Waals surface area contributed by atoms with Crippen LogP contribution in [0.5, 0.6) is 0 Å². The Hall–Kier alpha value is -3.12. The van der Waals surface area contributed by atoms with Gasteiger partial charge in [-0.15, -0.1) is 0 Å². The Labute approximate surface area is 211 Å². The Balaban J connectivity index is 1.89. The van der Waals surface area contributed by atoms with E-state index in [9.17, 15) is 21.6 Å². The number of hydrogen-bond donors (Lipinski definition) is 3. The van der Waals surface area contributed by atoms with E-state index < -0.39 is 30.5 Å². The minimum atomic E-state index is -4.40. The molecule has 0 fully saturated rings. The fourth-order valence-corrected chi connectivity index (χ4v) is 6.21. The van der Waals surface area contributed by atoms with Crippen LogP contribution in [0, 0.1) is 13.8 Å². The second-order valence-electron chi connectivity index (χ2n) is 7.60. The maximum absolute atomic E-state index is 13.4. The standard InChI is InChI=1S/C22H18Cl2N4O5S2/c1-12-15(23)5-3-7-17(12)27-34(30,31)14-9-19-22(26-21(29)11-25-19)20(10-14)35(32,33)28-18-8-4-6-16(24)13(18)2/h3-11,27-28H,1-2H3,(H,26,29). The highest BCUT2D eigenvalue weighted by Crippen LogP contribution is 2.31. The first-order chi connectivity index (χ1) is 16.4. The van der Waals surface area contributed by atoms with Gasteiger partial charge in [0.05, 0.1) is 33.5 Å². The lowest BCUT2D eigenvalue weighted by Gasteiger charge is -2.15. The van der Waals surface area contributed by atoms with Crippen LogP contribution in [0.2, 0.25) is 10.0 Å². The zero-order valence-electron chi connectivity index (χ0n) is 18.3. The lowest BCUT2D eigenvalue weighted by molar-refractivity contribution is 0.600. The second-order valence-corrected chi connectivity index (χ2v) is 11.7. The molecule has 35 heavy (non-hydrogen) atoms. The molecule has 0 aliphatic carbocycles. The van der Waals surface area contributed by atoms with Crippen LogP contribution in [0.1, 0.15) is 11.1 Å². The van der Waals surface area contributed by atoms with Gasteiger partial charge >= 0.3 is 0 Å². The van der Waals surface area contributed by atoms with Crippen molar-refractivity contribution in [3.8, 4) is 0 Å². The first-order valence-electron chi connectivity index (χ1n) is 9.98. The monoisotopic (exact) mass is 552 g/mol. The summed E-state index contributed by atoms with van der Waals surface area (Å²) < 4.78 is 58.1. The van der Waals surface area contributed by atoms with E-state index >= 15 is 0 Å². The van der Waals surface area contributed by atoms with Gasteiger partial charge in [0.25, 0.3) is 25.6 Å². The normalized spacial score (nSPS) is 12.0. The molecule has 0 bridgehead atoms. The molecule has 0 aliphatic heterocycles. The van der Waals surface area contributed by atoms with Gasteiger partial charge in [-0.1, -0.05) is 35.3 Å². The fourth-order valence-electron chi connectivity index (χ4n) is 3.29. The van der Waals surface area contributed by atoms with E-state index in [0.717, 1.165) is 18.3 Å². The van der Waals surface area contributed by atoms with Crippen LogP contribution in [0.3, 0.4) is 0 Å². The number of nitrogens with one attached hydrogen (secondary N) is 3. The highest BCUT2D eigenvalue weighted by molar-refractivity contribution is 7.93. The van der Waals surface area contributed by atoms with E-state index in [1.165, 1.54) is 12.1 Å². The number of sulfonamides is 2. The van der Waals surface area contributed by atoms with Crippen molar-refractivity contribution >= 4 is 65.7 Å². The third kappa shape index (κ3) is 4.98. The Kier molecular flexibility index (Phi) is 6.54. The summed E-state index contributed by atoms with van der Waals surface area (Å²) in [6.45, 7) is 3.26. The van der Waals surface area contributed by atoms with Crippen molar-refractivity contribution in [3.05, 3.63) is 86.3 Å². The lowest BCUT2D eigenvalue weighted by Crippen LogP contribution is -2.19. The van der Waals surface area contributed by atoms with E-state index in [1.54, 1.807) is 38.1 Å². The van der Waals surface area contributed by atoms with E-state index in [0.29, 0.717) is 21.2 Å². The third-order valence-electron chi connectivity index (χ3n) is 5.25. The molecule has 1 heterocycles. The van der Waals surface area contributed by atoms with Crippen LogP contribution >= 0.6 is 23.2 Å². The molecule has 0 saturated heterocycles. The highest BCUT2D eigenvalue weighted by atomic mass is 35.5. The molecule has 4 aromatic rings. The van der Waals surface area contributed by atoms with E-state index in [2.05, 4.69) is 19.4 Å². The van der Waals surface area contributed by atoms with E-state index in [-0.39, 0.29) is 27.3 Å². The molecule has 0 amide bonds. The van der Waals surface area contributed by atoms with Crippen LogP contribution in [0.4, 0.5) is 11.4 Å². The summed E-state index contributed by atoms with van der Waals surface area (Å²) in [5, 5.41) is 0.690. The third-order valence-corrected chi connectivity index (χ3v) is 8.80. The molecule has 3 aromatic carbocycles. The summed E-state index contributed by atoms with van der Waals surface area (Å²) in [5.74, 6) is 0. The number of anilines is 2. The van der Waals surface area contributed by atoms with Gasteiger partial charge in [0.2, 0.25) is 0 Å².